The lowest BCUT2D eigenvalue weighted by atomic mass is 9.92. The molecule has 2 N–H and O–H groups in total. The van der Waals surface area contributed by atoms with Gasteiger partial charge in [-0.1, -0.05) is 0 Å². The number of furan rings is 1. The second kappa shape index (κ2) is 5.02. The summed E-state index contributed by atoms with van der Waals surface area (Å²) in [5.41, 5.74) is 5.63. The molecule has 2 amide bonds. The Kier molecular flexibility index (Phi) is 3.61. The largest absolute Gasteiger partial charge is 0.452 e. The molecule has 1 aromatic heterocycles. The number of halogens is 1. The lowest BCUT2D eigenvalue weighted by molar-refractivity contribution is -0.123. The average Bonchev–Trinajstić information content (AvgIpc) is 2.75. The van der Waals surface area contributed by atoms with Crippen molar-refractivity contribution in [2.24, 2.45) is 11.7 Å². The fourth-order valence-electron chi connectivity index (χ4n) is 2.22. The Morgan fingerprint density at radius 3 is 2.78 bits per heavy atom. The third-order valence-corrected chi connectivity index (χ3v) is 3.69. The summed E-state index contributed by atoms with van der Waals surface area (Å²) in [4.78, 5) is 25.1. The van der Waals surface area contributed by atoms with E-state index in [1.165, 1.54) is 12.3 Å². The lowest BCUT2D eigenvalue weighted by Crippen LogP contribution is -2.48. The summed E-state index contributed by atoms with van der Waals surface area (Å²) in [5.74, 6) is -0.860. The monoisotopic (exact) mass is 270 g/mol. The number of hydrogen-bond acceptors (Lipinski definition) is 3. The summed E-state index contributed by atoms with van der Waals surface area (Å²) in [6, 6.07) is 1.60. The van der Waals surface area contributed by atoms with Crippen LogP contribution in [0.5, 0.6) is 0 Å². The van der Waals surface area contributed by atoms with E-state index in [-0.39, 0.29) is 29.0 Å². The molecule has 6 heteroatoms. The van der Waals surface area contributed by atoms with Crippen LogP contribution in [0.15, 0.2) is 16.7 Å². The second-order valence-electron chi connectivity index (χ2n) is 4.59. The highest BCUT2D eigenvalue weighted by atomic mass is 35.5. The first-order valence-electron chi connectivity index (χ1n) is 5.84. The molecule has 0 radical (unpaired) electrons. The molecular weight excluding hydrogens is 256 g/mol. The van der Waals surface area contributed by atoms with Crippen molar-refractivity contribution in [3.8, 4) is 0 Å². The van der Waals surface area contributed by atoms with E-state index in [0.29, 0.717) is 12.1 Å². The second-order valence-corrected chi connectivity index (χ2v) is 4.93. The standard InChI is InChI=1S/C12H15ClN2O3/c1-7-2-3-8(11(14)16)6-15(7)12(17)9-4-5-18-10(9)13/h4-5,7-8H,2-3,6H2,1H3,(H2,14,16). The van der Waals surface area contributed by atoms with Crippen LogP contribution in [0.1, 0.15) is 30.1 Å². The zero-order chi connectivity index (χ0) is 13.3. The highest BCUT2D eigenvalue weighted by Gasteiger charge is 2.33. The number of hydrogen-bond donors (Lipinski definition) is 1. The summed E-state index contributed by atoms with van der Waals surface area (Å²) in [7, 11) is 0. The topological polar surface area (TPSA) is 76.5 Å². The van der Waals surface area contributed by atoms with Gasteiger partial charge in [0.1, 0.15) is 0 Å². The molecular formula is C12H15ClN2O3. The van der Waals surface area contributed by atoms with E-state index in [1.807, 2.05) is 6.92 Å². The first-order valence-corrected chi connectivity index (χ1v) is 6.21. The molecule has 0 aliphatic carbocycles. The van der Waals surface area contributed by atoms with Gasteiger partial charge in [-0.2, -0.15) is 0 Å². The van der Waals surface area contributed by atoms with Gasteiger partial charge in [0.05, 0.1) is 17.7 Å². The Bertz CT molecular complexity index is 472. The van der Waals surface area contributed by atoms with E-state index in [2.05, 4.69) is 0 Å². The molecule has 0 aromatic carbocycles. The molecule has 1 aliphatic heterocycles. The highest BCUT2D eigenvalue weighted by molar-refractivity contribution is 6.32. The van der Waals surface area contributed by atoms with Gasteiger partial charge in [-0.15, -0.1) is 0 Å². The minimum absolute atomic E-state index is 0.0686. The zero-order valence-corrected chi connectivity index (χ0v) is 10.8. The van der Waals surface area contributed by atoms with Crippen molar-refractivity contribution in [3.05, 3.63) is 23.1 Å². The van der Waals surface area contributed by atoms with Gasteiger partial charge in [-0.25, -0.2) is 0 Å². The Balaban J connectivity index is 2.18. The van der Waals surface area contributed by atoms with Crippen LogP contribution in [0.25, 0.3) is 0 Å². The number of likely N-dealkylation sites (tertiary alicyclic amines) is 1. The molecule has 2 heterocycles. The van der Waals surface area contributed by atoms with Gasteiger partial charge in [0, 0.05) is 12.6 Å². The molecule has 1 aromatic rings. The number of carbonyl (C=O) groups is 2. The van der Waals surface area contributed by atoms with Crippen LogP contribution in [-0.2, 0) is 4.79 Å². The van der Waals surface area contributed by atoms with Crippen molar-refractivity contribution in [2.75, 3.05) is 6.54 Å². The van der Waals surface area contributed by atoms with Crippen molar-refractivity contribution in [3.63, 3.8) is 0 Å². The maximum atomic E-state index is 12.3. The van der Waals surface area contributed by atoms with Crippen LogP contribution in [-0.4, -0.2) is 29.3 Å². The van der Waals surface area contributed by atoms with Gasteiger partial charge in [-0.05, 0) is 37.4 Å². The summed E-state index contributed by atoms with van der Waals surface area (Å²) >= 11 is 5.79. The molecule has 5 nitrogen and oxygen atoms in total. The molecule has 2 atom stereocenters. The highest BCUT2D eigenvalue weighted by Crippen LogP contribution is 2.26. The Morgan fingerprint density at radius 2 is 2.22 bits per heavy atom. The van der Waals surface area contributed by atoms with Crippen LogP contribution in [0.3, 0.4) is 0 Å². The maximum absolute atomic E-state index is 12.3. The number of amides is 2. The predicted octanol–water partition coefficient (Wildman–Crippen LogP) is 1.66. The molecule has 2 unspecified atom stereocenters. The van der Waals surface area contributed by atoms with Gasteiger partial charge in [0.25, 0.3) is 5.91 Å². The van der Waals surface area contributed by atoms with Crippen molar-refractivity contribution in [2.45, 2.75) is 25.8 Å². The molecule has 1 aliphatic rings. The number of nitrogens with zero attached hydrogens (tertiary/aromatic N) is 1. The van der Waals surface area contributed by atoms with E-state index in [9.17, 15) is 9.59 Å². The molecule has 0 spiro atoms. The number of piperidine rings is 1. The Morgan fingerprint density at radius 1 is 1.50 bits per heavy atom. The smallest absolute Gasteiger partial charge is 0.258 e. The van der Waals surface area contributed by atoms with Crippen LogP contribution < -0.4 is 5.73 Å². The first-order chi connectivity index (χ1) is 8.50. The molecule has 1 saturated heterocycles. The Labute approximate surface area is 110 Å². The number of rotatable bonds is 2. The first kappa shape index (κ1) is 13.0. The summed E-state index contributed by atoms with van der Waals surface area (Å²) in [6.45, 7) is 2.29. The molecule has 18 heavy (non-hydrogen) atoms. The molecule has 1 fully saturated rings. The van der Waals surface area contributed by atoms with Gasteiger partial charge in [0.15, 0.2) is 0 Å². The van der Waals surface area contributed by atoms with Crippen molar-refractivity contribution < 1.29 is 14.0 Å². The third-order valence-electron chi connectivity index (χ3n) is 3.39. The minimum Gasteiger partial charge on any atom is -0.452 e. The number of nitrogens with two attached hydrogens (primary N) is 1. The summed E-state index contributed by atoms with van der Waals surface area (Å²) in [5, 5.41) is 0.0772. The van der Waals surface area contributed by atoms with Crippen LogP contribution in [0, 0.1) is 5.92 Å². The SMILES string of the molecule is CC1CCC(C(N)=O)CN1C(=O)c1ccoc1Cl. The summed E-state index contributed by atoms with van der Waals surface area (Å²) in [6.07, 6.45) is 2.85. The van der Waals surface area contributed by atoms with Crippen molar-refractivity contribution in [1.82, 2.24) is 4.90 Å². The fraction of sp³-hybridized carbons (Fsp3) is 0.500. The summed E-state index contributed by atoms with van der Waals surface area (Å²) < 4.78 is 4.91. The van der Waals surface area contributed by atoms with E-state index in [0.717, 1.165) is 12.8 Å². The quantitative estimate of drug-likeness (QED) is 0.888. The Hall–Kier alpha value is -1.49. The normalized spacial score (nSPS) is 24.0. The van der Waals surface area contributed by atoms with E-state index in [1.54, 1.807) is 4.90 Å². The van der Waals surface area contributed by atoms with E-state index in [4.69, 9.17) is 21.8 Å². The average molecular weight is 271 g/mol. The van der Waals surface area contributed by atoms with Crippen LogP contribution in [0.4, 0.5) is 0 Å². The number of primary amides is 1. The van der Waals surface area contributed by atoms with Gasteiger partial charge >= 0.3 is 0 Å². The molecule has 0 saturated carbocycles. The van der Waals surface area contributed by atoms with Gasteiger partial charge < -0.3 is 15.1 Å². The van der Waals surface area contributed by atoms with E-state index >= 15 is 0 Å². The third kappa shape index (κ3) is 2.36. The van der Waals surface area contributed by atoms with Crippen molar-refractivity contribution in [1.29, 1.82) is 0 Å². The van der Waals surface area contributed by atoms with Crippen molar-refractivity contribution >= 4 is 23.4 Å². The molecule has 0 bridgehead atoms. The lowest BCUT2D eigenvalue weighted by Gasteiger charge is -2.36. The predicted molar refractivity (Wildman–Crippen MR) is 66.1 cm³/mol. The molecule has 98 valence electrons. The van der Waals surface area contributed by atoms with Gasteiger partial charge in [0.2, 0.25) is 11.1 Å². The maximum Gasteiger partial charge on any atom is 0.258 e. The van der Waals surface area contributed by atoms with Gasteiger partial charge in [-0.3, -0.25) is 9.59 Å². The number of carbonyl (C=O) groups excluding carboxylic acids is 2. The van der Waals surface area contributed by atoms with Crippen LogP contribution >= 0.6 is 11.6 Å². The van der Waals surface area contributed by atoms with Crippen LogP contribution in [0.2, 0.25) is 5.22 Å². The van der Waals surface area contributed by atoms with E-state index < -0.39 is 0 Å². The zero-order valence-electron chi connectivity index (χ0n) is 10.1. The minimum atomic E-state index is -0.363. The molecule has 2 rings (SSSR count). The fourth-order valence-corrected chi connectivity index (χ4v) is 2.42.